The van der Waals surface area contributed by atoms with E-state index in [1.54, 1.807) is 30.3 Å². The molecule has 0 fully saturated rings. The number of allylic oxidation sites excluding steroid dienone is 1. The van der Waals surface area contributed by atoms with Gasteiger partial charge in [-0.25, -0.2) is 0 Å². The first kappa shape index (κ1) is 19.0. The fourth-order valence-corrected chi connectivity index (χ4v) is 2.67. The minimum absolute atomic E-state index is 0.181. The van der Waals surface area contributed by atoms with Gasteiger partial charge in [0.15, 0.2) is 5.70 Å². The second kappa shape index (κ2) is 8.65. The average Bonchev–Trinajstić information content (AvgIpc) is 2.84. The van der Waals surface area contributed by atoms with Gasteiger partial charge in [-0.15, -0.1) is 0 Å². The number of amides is 3. The van der Waals surface area contributed by atoms with Crippen LogP contribution in [0.15, 0.2) is 34.5 Å². The van der Waals surface area contributed by atoms with E-state index in [-0.39, 0.29) is 34.3 Å². The van der Waals surface area contributed by atoms with Crippen LogP contribution < -0.4 is 5.32 Å². The van der Waals surface area contributed by atoms with E-state index in [1.165, 1.54) is 4.90 Å². The predicted molar refractivity (Wildman–Crippen MR) is 92.8 cm³/mol. The SMILES string of the molecule is N#CC(NC(=O)CCCCCN1C(=O)c2ccccc2C1=O)=C(Cl)Cl. The van der Waals surface area contributed by atoms with Crippen LogP contribution in [0, 0.1) is 11.3 Å². The third kappa shape index (κ3) is 4.59. The van der Waals surface area contributed by atoms with Gasteiger partial charge in [0.2, 0.25) is 5.91 Å². The van der Waals surface area contributed by atoms with Crippen LogP contribution in [0.3, 0.4) is 0 Å². The molecule has 0 radical (unpaired) electrons. The molecule has 0 spiro atoms. The molecule has 3 amide bonds. The monoisotopic (exact) mass is 379 g/mol. The first-order valence-electron chi connectivity index (χ1n) is 7.66. The molecule has 0 saturated carbocycles. The third-order valence-corrected chi connectivity index (χ3v) is 4.11. The lowest BCUT2D eigenvalue weighted by Gasteiger charge is -2.13. The molecule has 0 aliphatic carbocycles. The Morgan fingerprint density at radius 3 is 2.20 bits per heavy atom. The first-order chi connectivity index (χ1) is 12.0. The number of carbonyl (C=O) groups is 3. The van der Waals surface area contributed by atoms with Crippen molar-refractivity contribution in [2.75, 3.05) is 6.54 Å². The van der Waals surface area contributed by atoms with E-state index in [2.05, 4.69) is 5.32 Å². The number of nitrogens with zero attached hydrogens (tertiary/aromatic N) is 2. The summed E-state index contributed by atoms with van der Waals surface area (Å²) in [7, 11) is 0. The minimum atomic E-state index is -0.365. The van der Waals surface area contributed by atoms with E-state index >= 15 is 0 Å². The minimum Gasteiger partial charge on any atom is -0.315 e. The van der Waals surface area contributed by atoms with E-state index < -0.39 is 0 Å². The molecule has 1 aliphatic rings. The summed E-state index contributed by atoms with van der Waals surface area (Å²) in [6.07, 6.45) is 1.99. The summed E-state index contributed by atoms with van der Waals surface area (Å²) in [6, 6.07) is 8.42. The Kier molecular flexibility index (Phi) is 6.57. The maximum Gasteiger partial charge on any atom is 0.261 e. The lowest BCUT2D eigenvalue weighted by molar-refractivity contribution is -0.120. The average molecular weight is 380 g/mol. The number of benzene rings is 1. The van der Waals surface area contributed by atoms with Crippen LogP contribution in [-0.4, -0.2) is 29.2 Å². The maximum absolute atomic E-state index is 12.2. The van der Waals surface area contributed by atoms with Crippen LogP contribution in [-0.2, 0) is 4.79 Å². The Morgan fingerprint density at radius 2 is 1.68 bits per heavy atom. The summed E-state index contributed by atoms with van der Waals surface area (Å²) in [5.41, 5.74) is 0.681. The van der Waals surface area contributed by atoms with E-state index in [9.17, 15) is 14.4 Å². The number of hydrogen-bond donors (Lipinski definition) is 1. The Balaban J connectivity index is 1.74. The number of hydrogen-bond acceptors (Lipinski definition) is 4. The first-order valence-corrected chi connectivity index (χ1v) is 8.41. The molecule has 0 aromatic heterocycles. The summed E-state index contributed by atoms with van der Waals surface area (Å²) in [5.74, 6) is -0.922. The maximum atomic E-state index is 12.2. The predicted octanol–water partition coefficient (Wildman–Crippen LogP) is 3.13. The Labute approximate surface area is 155 Å². The highest BCUT2D eigenvalue weighted by atomic mass is 35.5. The number of rotatable bonds is 7. The molecule has 6 nitrogen and oxygen atoms in total. The molecule has 1 aromatic rings. The molecule has 0 atom stereocenters. The number of nitrogens with one attached hydrogen (secondary N) is 1. The van der Waals surface area contributed by atoms with Gasteiger partial charge < -0.3 is 5.32 Å². The molecule has 1 N–H and O–H groups in total. The summed E-state index contributed by atoms with van der Waals surface area (Å²) in [6.45, 7) is 0.310. The standard InChI is InChI=1S/C17H15Cl2N3O3/c18-15(19)13(10-20)21-14(23)8-2-1-5-9-22-16(24)11-6-3-4-7-12(11)17(22)25/h3-4,6-7H,1-2,5,8-9H2,(H,21,23). The topological polar surface area (TPSA) is 90.3 Å². The van der Waals surface area contributed by atoms with Gasteiger partial charge in [0.1, 0.15) is 10.6 Å². The van der Waals surface area contributed by atoms with Crippen molar-refractivity contribution in [3.63, 3.8) is 0 Å². The van der Waals surface area contributed by atoms with E-state index in [4.69, 9.17) is 28.5 Å². The molecule has 8 heteroatoms. The number of unbranched alkanes of at least 4 members (excludes halogenated alkanes) is 2. The van der Waals surface area contributed by atoms with Gasteiger partial charge in [-0.1, -0.05) is 41.8 Å². The molecule has 1 aromatic carbocycles. The smallest absolute Gasteiger partial charge is 0.261 e. The molecule has 1 heterocycles. The third-order valence-electron chi connectivity index (χ3n) is 3.73. The molecule has 0 bridgehead atoms. The summed E-state index contributed by atoms with van der Waals surface area (Å²) in [5, 5.41) is 11.1. The Morgan fingerprint density at radius 1 is 1.08 bits per heavy atom. The van der Waals surface area contributed by atoms with Crippen molar-refractivity contribution >= 4 is 40.9 Å². The second-order valence-electron chi connectivity index (χ2n) is 5.41. The quantitative estimate of drug-likeness (QED) is 0.447. The summed E-state index contributed by atoms with van der Waals surface area (Å²) in [4.78, 5) is 37.2. The molecule has 2 rings (SSSR count). The number of imide groups is 1. The highest BCUT2D eigenvalue weighted by Gasteiger charge is 2.34. The van der Waals surface area contributed by atoms with Crippen molar-refractivity contribution in [2.45, 2.75) is 25.7 Å². The van der Waals surface area contributed by atoms with Gasteiger partial charge in [-0.2, -0.15) is 5.26 Å². The van der Waals surface area contributed by atoms with Crippen molar-refractivity contribution in [1.82, 2.24) is 10.2 Å². The zero-order valence-corrected chi connectivity index (χ0v) is 14.7. The number of fused-ring (bicyclic) bond motifs is 1. The molecule has 25 heavy (non-hydrogen) atoms. The van der Waals surface area contributed by atoms with Crippen LogP contribution in [0.5, 0.6) is 0 Å². The van der Waals surface area contributed by atoms with Crippen molar-refractivity contribution in [1.29, 1.82) is 5.26 Å². The Hall–Kier alpha value is -2.36. The molecule has 130 valence electrons. The number of nitriles is 1. The van der Waals surface area contributed by atoms with Gasteiger partial charge in [0.25, 0.3) is 11.8 Å². The number of halogens is 2. The molecule has 0 unspecified atom stereocenters. The summed E-state index contributed by atoms with van der Waals surface area (Å²) < 4.78 is -0.290. The van der Waals surface area contributed by atoms with Crippen LogP contribution in [0.25, 0.3) is 0 Å². The fourth-order valence-electron chi connectivity index (χ4n) is 2.49. The lowest BCUT2D eigenvalue weighted by atomic mass is 10.1. The Bertz CT molecular complexity index is 745. The normalized spacial score (nSPS) is 12.6. The highest BCUT2D eigenvalue weighted by Crippen LogP contribution is 2.22. The largest absolute Gasteiger partial charge is 0.315 e. The van der Waals surface area contributed by atoms with Crippen LogP contribution in [0.2, 0.25) is 0 Å². The van der Waals surface area contributed by atoms with Crippen LogP contribution in [0.1, 0.15) is 46.4 Å². The molecular formula is C17H15Cl2N3O3. The van der Waals surface area contributed by atoms with Crippen molar-refractivity contribution in [2.24, 2.45) is 0 Å². The van der Waals surface area contributed by atoms with E-state index in [0.29, 0.717) is 36.9 Å². The summed E-state index contributed by atoms with van der Waals surface area (Å²) >= 11 is 10.9. The van der Waals surface area contributed by atoms with Crippen molar-refractivity contribution < 1.29 is 14.4 Å². The molecular weight excluding hydrogens is 365 g/mol. The van der Waals surface area contributed by atoms with Gasteiger partial charge in [-0.05, 0) is 25.0 Å². The molecule has 1 aliphatic heterocycles. The molecule has 0 saturated heterocycles. The van der Waals surface area contributed by atoms with E-state index in [1.807, 2.05) is 0 Å². The van der Waals surface area contributed by atoms with Gasteiger partial charge in [0, 0.05) is 13.0 Å². The number of carbonyl (C=O) groups excluding carboxylic acids is 3. The van der Waals surface area contributed by atoms with Crippen LogP contribution >= 0.6 is 23.2 Å². The fraction of sp³-hybridized carbons (Fsp3) is 0.294. The van der Waals surface area contributed by atoms with E-state index in [0.717, 1.165) is 0 Å². The zero-order valence-electron chi connectivity index (χ0n) is 13.2. The van der Waals surface area contributed by atoms with Gasteiger partial charge in [-0.3, -0.25) is 19.3 Å². The second-order valence-corrected chi connectivity index (χ2v) is 6.36. The van der Waals surface area contributed by atoms with Gasteiger partial charge >= 0.3 is 0 Å². The lowest BCUT2D eigenvalue weighted by Crippen LogP contribution is -2.30. The highest BCUT2D eigenvalue weighted by molar-refractivity contribution is 6.56. The van der Waals surface area contributed by atoms with Gasteiger partial charge in [0.05, 0.1) is 11.1 Å². The van der Waals surface area contributed by atoms with Crippen molar-refractivity contribution in [3.8, 4) is 6.07 Å². The zero-order chi connectivity index (χ0) is 18.4. The van der Waals surface area contributed by atoms with Crippen molar-refractivity contribution in [3.05, 3.63) is 45.6 Å². The van der Waals surface area contributed by atoms with Crippen LogP contribution in [0.4, 0.5) is 0 Å².